The summed E-state index contributed by atoms with van der Waals surface area (Å²) in [5, 5.41) is 47.2. The molecule has 0 radical (unpaired) electrons. The Morgan fingerprint density at radius 3 is 2.04 bits per heavy atom. The molecule has 1 aromatic carbocycles. The van der Waals surface area contributed by atoms with Crippen molar-refractivity contribution >= 4 is 11.7 Å². The Hall–Kier alpha value is -1.84. The average molecular weight is 369 g/mol. The lowest BCUT2D eigenvalue weighted by Crippen LogP contribution is -2.50. The van der Waals surface area contributed by atoms with Crippen molar-refractivity contribution in [3.05, 3.63) is 35.4 Å². The third-order valence-corrected chi connectivity index (χ3v) is 4.15. The number of hydrogen-bond acceptors (Lipinski definition) is 7. The van der Waals surface area contributed by atoms with Gasteiger partial charge in [0.15, 0.2) is 5.78 Å². The smallest absolute Gasteiger partial charge is 0.222 e. The lowest BCUT2D eigenvalue weighted by Gasteiger charge is -2.28. The molecule has 0 saturated heterocycles. The zero-order valence-electron chi connectivity index (χ0n) is 14.9. The molecule has 0 aliphatic heterocycles. The molecule has 146 valence electrons. The number of benzene rings is 1. The van der Waals surface area contributed by atoms with Crippen molar-refractivity contribution in [1.29, 1.82) is 0 Å². The maximum Gasteiger partial charge on any atom is 0.222 e. The van der Waals surface area contributed by atoms with E-state index in [1.165, 1.54) is 7.05 Å². The van der Waals surface area contributed by atoms with Crippen LogP contribution in [-0.4, -0.2) is 86.7 Å². The predicted molar refractivity (Wildman–Crippen MR) is 93.5 cm³/mol. The van der Waals surface area contributed by atoms with Gasteiger partial charge in [-0.25, -0.2) is 0 Å². The summed E-state index contributed by atoms with van der Waals surface area (Å²) in [5.74, 6) is -0.581. The third kappa shape index (κ3) is 6.47. The summed E-state index contributed by atoms with van der Waals surface area (Å²) < 4.78 is 0. The summed E-state index contributed by atoms with van der Waals surface area (Å²) in [6.07, 6.45) is -6.66. The highest BCUT2D eigenvalue weighted by Crippen LogP contribution is 2.10. The molecule has 8 heteroatoms. The molecule has 0 aliphatic carbocycles. The number of likely N-dealkylation sites (N-methyl/N-ethyl adjacent to an activating group) is 1. The summed E-state index contributed by atoms with van der Waals surface area (Å²) in [5.41, 5.74) is 1.54. The van der Waals surface area contributed by atoms with Crippen LogP contribution in [-0.2, 0) is 4.79 Å². The summed E-state index contributed by atoms with van der Waals surface area (Å²) in [4.78, 5) is 25.3. The summed E-state index contributed by atoms with van der Waals surface area (Å²) >= 11 is 0. The fraction of sp³-hybridized carbons (Fsp3) is 0.556. The highest BCUT2D eigenvalue weighted by atomic mass is 16.4. The fourth-order valence-electron chi connectivity index (χ4n) is 2.35. The molecule has 0 fully saturated rings. The number of carbonyl (C=O) groups excluding carboxylic acids is 2. The van der Waals surface area contributed by atoms with Crippen molar-refractivity contribution < 1.29 is 35.1 Å². The van der Waals surface area contributed by atoms with Gasteiger partial charge in [-0.2, -0.15) is 0 Å². The molecule has 0 aromatic heterocycles. The number of ketones is 1. The van der Waals surface area contributed by atoms with Crippen molar-refractivity contribution in [1.82, 2.24) is 4.90 Å². The van der Waals surface area contributed by atoms with Gasteiger partial charge in [-0.05, 0) is 6.92 Å². The number of aliphatic hydroxyl groups excluding tert-OH is 5. The van der Waals surface area contributed by atoms with E-state index >= 15 is 0 Å². The third-order valence-electron chi connectivity index (χ3n) is 4.15. The van der Waals surface area contributed by atoms with Crippen LogP contribution >= 0.6 is 0 Å². The van der Waals surface area contributed by atoms with Crippen LogP contribution < -0.4 is 0 Å². The number of aliphatic hydroxyl groups is 5. The Labute approximate surface area is 152 Å². The SMILES string of the molecule is Cc1ccc(C(=O)CCC(=O)N(C)CC(O)C(O)C(O)C(O)CO)cc1. The molecule has 8 nitrogen and oxygen atoms in total. The standard InChI is InChI=1S/C18H27NO7/c1-11-3-5-12(6-4-11)13(21)7-8-16(24)19(2)9-14(22)17(25)18(26)15(23)10-20/h3-6,14-15,17-18,20,22-23,25-26H,7-10H2,1-2H3. The monoisotopic (exact) mass is 369 g/mol. The molecule has 26 heavy (non-hydrogen) atoms. The van der Waals surface area contributed by atoms with E-state index in [0.717, 1.165) is 10.5 Å². The molecule has 1 amide bonds. The molecule has 1 aromatic rings. The average Bonchev–Trinajstić information content (AvgIpc) is 2.64. The molecule has 1 rings (SSSR count). The van der Waals surface area contributed by atoms with E-state index in [-0.39, 0.29) is 25.2 Å². The van der Waals surface area contributed by atoms with E-state index in [1.807, 2.05) is 19.1 Å². The quantitative estimate of drug-likeness (QED) is 0.328. The zero-order valence-corrected chi connectivity index (χ0v) is 14.9. The number of aryl methyl sites for hydroxylation is 1. The second-order valence-corrected chi connectivity index (χ2v) is 6.36. The number of carbonyl (C=O) groups is 2. The minimum Gasteiger partial charge on any atom is -0.394 e. The number of rotatable bonds is 10. The predicted octanol–water partition coefficient (Wildman–Crippen LogP) is -1.15. The number of Topliss-reactive ketones (excluding diaryl/α,β-unsaturated/α-hetero) is 1. The van der Waals surface area contributed by atoms with Crippen molar-refractivity contribution in [3.63, 3.8) is 0 Å². The zero-order chi connectivity index (χ0) is 19.9. The van der Waals surface area contributed by atoms with Crippen molar-refractivity contribution in [2.45, 2.75) is 44.2 Å². The van der Waals surface area contributed by atoms with Crippen LogP contribution in [0, 0.1) is 6.92 Å². The van der Waals surface area contributed by atoms with Crippen molar-refractivity contribution in [2.75, 3.05) is 20.2 Å². The van der Waals surface area contributed by atoms with Gasteiger partial charge in [0.05, 0.1) is 6.61 Å². The summed E-state index contributed by atoms with van der Waals surface area (Å²) in [6, 6.07) is 7.01. The molecule has 4 unspecified atom stereocenters. The van der Waals surface area contributed by atoms with Gasteiger partial charge < -0.3 is 30.4 Å². The van der Waals surface area contributed by atoms with Crippen LogP contribution in [0.2, 0.25) is 0 Å². The van der Waals surface area contributed by atoms with Gasteiger partial charge in [0, 0.05) is 32.0 Å². The van der Waals surface area contributed by atoms with Gasteiger partial charge in [-0.1, -0.05) is 29.8 Å². The molecule has 0 saturated carbocycles. The van der Waals surface area contributed by atoms with E-state index in [4.69, 9.17) is 5.11 Å². The Balaban J connectivity index is 2.49. The Morgan fingerprint density at radius 2 is 1.50 bits per heavy atom. The minimum absolute atomic E-state index is 0.0106. The van der Waals surface area contributed by atoms with Gasteiger partial charge in [-0.3, -0.25) is 9.59 Å². The molecular weight excluding hydrogens is 342 g/mol. The number of hydrogen-bond donors (Lipinski definition) is 5. The first kappa shape index (κ1) is 22.2. The van der Waals surface area contributed by atoms with Crippen LogP contribution in [0.5, 0.6) is 0 Å². The maximum absolute atomic E-state index is 12.1. The maximum atomic E-state index is 12.1. The highest BCUT2D eigenvalue weighted by Gasteiger charge is 2.31. The first-order valence-electron chi connectivity index (χ1n) is 8.34. The number of nitrogens with zero attached hydrogens (tertiary/aromatic N) is 1. The van der Waals surface area contributed by atoms with E-state index < -0.39 is 36.9 Å². The molecular formula is C18H27NO7. The Kier molecular flexibility index (Phi) is 8.83. The van der Waals surface area contributed by atoms with Crippen LogP contribution in [0.3, 0.4) is 0 Å². The Morgan fingerprint density at radius 1 is 0.962 bits per heavy atom. The van der Waals surface area contributed by atoms with Gasteiger partial charge in [0.25, 0.3) is 0 Å². The molecule has 0 spiro atoms. The fourth-order valence-corrected chi connectivity index (χ4v) is 2.35. The van der Waals surface area contributed by atoms with Gasteiger partial charge in [-0.15, -0.1) is 0 Å². The number of amides is 1. The summed E-state index contributed by atoms with van der Waals surface area (Å²) in [6.45, 7) is 0.831. The van der Waals surface area contributed by atoms with Crippen LogP contribution in [0.25, 0.3) is 0 Å². The lowest BCUT2D eigenvalue weighted by atomic mass is 10.0. The van der Waals surface area contributed by atoms with E-state index in [9.17, 15) is 30.0 Å². The van der Waals surface area contributed by atoms with E-state index in [2.05, 4.69) is 0 Å². The van der Waals surface area contributed by atoms with E-state index in [1.54, 1.807) is 12.1 Å². The minimum atomic E-state index is -1.75. The van der Waals surface area contributed by atoms with Gasteiger partial charge >= 0.3 is 0 Å². The first-order valence-corrected chi connectivity index (χ1v) is 8.34. The molecule has 5 N–H and O–H groups in total. The topological polar surface area (TPSA) is 139 Å². The molecule has 0 bridgehead atoms. The Bertz CT molecular complexity index is 590. The van der Waals surface area contributed by atoms with Crippen LogP contribution in [0.4, 0.5) is 0 Å². The van der Waals surface area contributed by atoms with Gasteiger partial charge in [0.2, 0.25) is 5.91 Å². The normalized spacial score (nSPS) is 15.8. The summed E-state index contributed by atoms with van der Waals surface area (Å²) in [7, 11) is 1.39. The van der Waals surface area contributed by atoms with Crippen LogP contribution in [0.15, 0.2) is 24.3 Å². The van der Waals surface area contributed by atoms with Crippen molar-refractivity contribution in [2.24, 2.45) is 0 Å². The first-order chi connectivity index (χ1) is 12.2. The largest absolute Gasteiger partial charge is 0.394 e. The van der Waals surface area contributed by atoms with Crippen LogP contribution in [0.1, 0.15) is 28.8 Å². The van der Waals surface area contributed by atoms with E-state index in [0.29, 0.717) is 5.56 Å². The highest BCUT2D eigenvalue weighted by molar-refractivity contribution is 5.97. The van der Waals surface area contributed by atoms with Gasteiger partial charge in [0.1, 0.15) is 24.4 Å². The lowest BCUT2D eigenvalue weighted by molar-refractivity contribution is -0.137. The molecule has 0 aliphatic rings. The second kappa shape index (κ2) is 10.3. The molecule has 0 heterocycles. The van der Waals surface area contributed by atoms with Crippen molar-refractivity contribution in [3.8, 4) is 0 Å². The molecule has 4 atom stereocenters. The second-order valence-electron chi connectivity index (χ2n) is 6.36.